The molecular weight excluding hydrogens is 288 g/mol. The number of hydrogen-bond acceptors (Lipinski definition) is 3. The largest absolute Gasteiger partial charge is 0.390 e. The SMILES string of the molecule is CC(C)CN(C1CCCC1)S(=O)(=O)c1cc(CO)n(C)c1. The van der Waals surface area contributed by atoms with E-state index in [0.29, 0.717) is 23.1 Å². The fourth-order valence-corrected chi connectivity index (χ4v) is 4.95. The number of hydrogen-bond donors (Lipinski definition) is 1. The fourth-order valence-electron chi connectivity index (χ4n) is 3.01. The summed E-state index contributed by atoms with van der Waals surface area (Å²) in [5.41, 5.74) is 0.615. The summed E-state index contributed by atoms with van der Waals surface area (Å²) in [6.45, 7) is 4.49. The average Bonchev–Trinajstić information content (AvgIpc) is 3.04. The first-order valence-corrected chi connectivity index (χ1v) is 9.08. The summed E-state index contributed by atoms with van der Waals surface area (Å²) in [7, 11) is -1.73. The number of aliphatic hydroxyl groups is 1. The lowest BCUT2D eigenvalue weighted by molar-refractivity contribution is 0.272. The van der Waals surface area contributed by atoms with Gasteiger partial charge in [0.25, 0.3) is 0 Å². The van der Waals surface area contributed by atoms with Gasteiger partial charge in [0.15, 0.2) is 0 Å². The summed E-state index contributed by atoms with van der Waals surface area (Å²) in [6, 6.07) is 1.70. The lowest BCUT2D eigenvalue weighted by atomic mass is 10.2. The first-order chi connectivity index (χ1) is 9.86. The minimum Gasteiger partial charge on any atom is -0.390 e. The van der Waals surface area contributed by atoms with Crippen molar-refractivity contribution in [3.63, 3.8) is 0 Å². The van der Waals surface area contributed by atoms with Crippen molar-refractivity contribution < 1.29 is 13.5 Å². The highest BCUT2D eigenvalue weighted by atomic mass is 32.2. The predicted octanol–water partition coefficient (Wildman–Crippen LogP) is 2.11. The van der Waals surface area contributed by atoms with Gasteiger partial charge in [-0.15, -0.1) is 0 Å². The second-order valence-electron chi connectivity index (χ2n) is 6.34. The van der Waals surface area contributed by atoms with Gasteiger partial charge in [0.2, 0.25) is 10.0 Å². The van der Waals surface area contributed by atoms with Crippen molar-refractivity contribution in [2.75, 3.05) is 6.54 Å². The molecule has 1 fully saturated rings. The molecule has 0 saturated heterocycles. The molecule has 1 aliphatic carbocycles. The van der Waals surface area contributed by atoms with Crippen LogP contribution >= 0.6 is 0 Å². The van der Waals surface area contributed by atoms with Crippen molar-refractivity contribution >= 4 is 10.0 Å². The van der Waals surface area contributed by atoms with Crippen LogP contribution in [0.2, 0.25) is 0 Å². The zero-order valence-corrected chi connectivity index (χ0v) is 13.9. The van der Waals surface area contributed by atoms with Crippen molar-refractivity contribution in [3.8, 4) is 0 Å². The molecule has 0 unspecified atom stereocenters. The van der Waals surface area contributed by atoms with E-state index in [1.807, 2.05) is 13.8 Å². The van der Waals surface area contributed by atoms with Gasteiger partial charge in [-0.2, -0.15) is 4.31 Å². The normalized spacial score (nSPS) is 17.2. The molecule has 6 heteroatoms. The molecule has 120 valence electrons. The molecule has 0 atom stereocenters. The molecule has 0 aromatic carbocycles. The van der Waals surface area contributed by atoms with E-state index in [2.05, 4.69) is 0 Å². The van der Waals surface area contributed by atoms with Crippen molar-refractivity contribution in [3.05, 3.63) is 18.0 Å². The molecule has 1 aromatic rings. The Hall–Kier alpha value is -0.850. The fraction of sp³-hybridized carbons (Fsp3) is 0.733. The van der Waals surface area contributed by atoms with Crippen LogP contribution in [0.15, 0.2) is 17.2 Å². The molecular formula is C15H26N2O3S. The predicted molar refractivity (Wildman–Crippen MR) is 82.3 cm³/mol. The zero-order valence-electron chi connectivity index (χ0n) is 13.1. The monoisotopic (exact) mass is 314 g/mol. The van der Waals surface area contributed by atoms with Crippen LogP contribution in [0.1, 0.15) is 45.2 Å². The van der Waals surface area contributed by atoms with Crippen LogP contribution in [0.3, 0.4) is 0 Å². The van der Waals surface area contributed by atoms with Crippen LogP contribution in [0, 0.1) is 5.92 Å². The van der Waals surface area contributed by atoms with Crippen LogP contribution in [-0.2, 0) is 23.7 Å². The Kier molecular flexibility index (Phi) is 5.11. The number of aliphatic hydroxyl groups excluding tert-OH is 1. The first kappa shape index (κ1) is 16.5. The van der Waals surface area contributed by atoms with E-state index < -0.39 is 10.0 Å². The molecule has 1 N–H and O–H groups in total. The molecule has 0 amide bonds. The van der Waals surface area contributed by atoms with Crippen LogP contribution in [-0.4, -0.2) is 35.0 Å². The summed E-state index contributed by atoms with van der Waals surface area (Å²) in [5.74, 6) is 0.293. The average molecular weight is 314 g/mol. The summed E-state index contributed by atoms with van der Waals surface area (Å²) in [5, 5.41) is 9.26. The topological polar surface area (TPSA) is 62.5 Å². The molecule has 2 rings (SSSR count). The Labute approximate surface area is 127 Å². The van der Waals surface area contributed by atoms with Gasteiger partial charge < -0.3 is 9.67 Å². The highest BCUT2D eigenvalue weighted by Gasteiger charge is 2.34. The Bertz CT molecular complexity index is 572. The maximum Gasteiger partial charge on any atom is 0.244 e. The van der Waals surface area contributed by atoms with Crippen molar-refractivity contribution in [1.29, 1.82) is 0 Å². The third-order valence-corrected chi connectivity index (χ3v) is 6.01. The van der Waals surface area contributed by atoms with Gasteiger partial charge in [-0.25, -0.2) is 8.42 Å². The standard InChI is InChI=1S/C15H26N2O3S/c1-12(2)9-17(13-6-4-5-7-13)21(19,20)15-8-14(11-18)16(3)10-15/h8,10,12-13,18H,4-7,9,11H2,1-3H3. The van der Waals surface area contributed by atoms with Crippen LogP contribution < -0.4 is 0 Å². The van der Waals surface area contributed by atoms with Gasteiger partial charge >= 0.3 is 0 Å². The Morgan fingerprint density at radius 1 is 1.38 bits per heavy atom. The highest BCUT2D eigenvalue weighted by molar-refractivity contribution is 7.89. The maximum atomic E-state index is 13.0. The Balaban J connectivity index is 2.35. The van der Waals surface area contributed by atoms with Crippen molar-refractivity contribution in [1.82, 2.24) is 8.87 Å². The number of rotatable bonds is 6. The smallest absolute Gasteiger partial charge is 0.244 e. The molecule has 1 heterocycles. The minimum atomic E-state index is -3.49. The molecule has 0 bridgehead atoms. The van der Waals surface area contributed by atoms with Gasteiger partial charge in [-0.05, 0) is 24.8 Å². The number of aromatic nitrogens is 1. The molecule has 1 aliphatic rings. The summed E-state index contributed by atoms with van der Waals surface area (Å²) < 4.78 is 29.3. The van der Waals surface area contributed by atoms with Crippen LogP contribution in [0.25, 0.3) is 0 Å². The van der Waals surface area contributed by atoms with E-state index in [9.17, 15) is 13.5 Å². The third-order valence-electron chi connectivity index (χ3n) is 4.13. The third kappa shape index (κ3) is 3.49. The van der Waals surface area contributed by atoms with Crippen molar-refractivity contribution in [2.45, 2.75) is 57.1 Å². The lowest BCUT2D eigenvalue weighted by Gasteiger charge is -2.29. The zero-order chi connectivity index (χ0) is 15.6. The van der Waals surface area contributed by atoms with Gasteiger partial charge in [-0.3, -0.25) is 0 Å². The van der Waals surface area contributed by atoms with Crippen molar-refractivity contribution in [2.24, 2.45) is 13.0 Å². The molecule has 1 saturated carbocycles. The Morgan fingerprint density at radius 2 is 2.00 bits per heavy atom. The maximum absolute atomic E-state index is 13.0. The summed E-state index contributed by atoms with van der Waals surface area (Å²) in [4.78, 5) is 0.293. The van der Waals surface area contributed by atoms with Gasteiger partial charge in [0.1, 0.15) is 4.90 Å². The molecule has 0 radical (unpaired) electrons. The second-order valence-corrected chi connectivity index (χ2v) is 8.23. The number of sulfonamides is 1. The van der Waals surface area contributed by atoms with E-state index in [-0.39, 0.29) is 12.6 Å². The molecule has 0 spiro atoms. The van der Waals surface area contributed by atoms with Gasteiger partial charge in [0, 0.05) is 31.5 Å². The molecule has 1 aromatic heterocycles. The van der Waals surface area contributed by atoms with E-state index >= 15 is 0 Å². The number of nitrogens with zero attached hydrogens (tertiary/aromatic N) is 2. The quantitative estimate of drug-likeness (QED) is 0.874. The van der Waals surface area contributed by atoms with Gasteiger partial charge in [0.05, 0.1) is 6.61 Å². The minimum absolute atomic E-state index is 0.121. The highest BCUT2D eigenvalue weighted by Crippen LogP contribution is 2.30. The van der Waals surface area contributed by atoms with Gasteiger partial charge in [-0.1, -0.05) is 26.7 Å². The molecule has 5 nitrogen and oxygen atoms in total. The molecule has 21 heavy (non-hydrogen) atoms. The van der Waals surface area contributed by atoms with Crippen LogP contribution in [0.5, 0.6) is 0 Å². The van der Waals surface area contributed by atoms with E-state index in [1.165, 1.54) is 0 Å². The van der Waals surface area contributed by atoms with Crippen LogP contribution in [0.4, 0.5) is 0 Å². The van der Waals surface area contributed by atoms with E-state index in [0.717, 1.165) is 25.7 Å². The summed E-state index contributed by atoms with van der Waals surface area (Å²) >= 11 is 0. The second kappa shape index (κ2) is 6.50. The molecule has 0 aliphatic heterocycles. The van der Waals surface area contributed by atoms with E-state index in [1.54, 1.807) is 28.2 Å². The summed E-state index contributed by atoms with van der Waals surface area (Å²) in [6.07, 6.45) is 5.71. The Morgan fingerprint density at radius 3 is 2.48 bits per heavy atom. The number of aryl methyl sites for hydroxylation is 1. The van der Waals surface area contributed by atoms with E-state index in [4.69, 9.17) is 0 Å². The first-order valence-electron chi connectivity index (χ1n) is 7.64. The lowest BCUT2D eigenvalue weighted by Crippen LogP contribution is -2.41.